The van der Waals surface area contributed by atoms with E-state index in [0.717, 1.165) is 12.1 Å². The second kappa shape index (κ2) is 7.01. The largest absolute Gasteiger partial charge is 0.508 e. The summed E-state index contributed by atoms with van der Waals surface area (Å²) >= 11 is 6.16. The normalized spacial score (nSPS) is 11.6. The van der Waals surface area contributed by atoms with E-state index in [9.17, 15) is 13.9 Å². The topological polar surface area (TPSA) is 78.8 Å². The molecule has 0 aromatic heterocycles. The van der Waals surface area contributed by atoms with Crippen LogP contribution in [0.5, 0.6) is 5.75 Å². The number of amidine groups is 1. The lowest BCUT2D eigenvalue weighted by atomic mass is 9.89. The maximum absolute atomic E-state index is 14.5. The maximum Gasteiger partial charge on any atom is 0.170 e. The van der Waals surface area contributed by atoms with Gasteiger partial charge >= 0.3 is 0 Å². The molecular formula is C19H13ClF2N2O2. The highest BCUT2D eigenvalue weighted by Gasteiger charge is 2.20. The van der Waals surface area contributed by atoms with Crippen molar-refractivity contribution in [1.29, 1.82) is 0 Å². The molecule has 0 fully saturated rings. The van der Waals surface area contributed by atoms with Crippen molar-refractivity contribution < 1.29 is 19.1 Å². The van der Waals surface area contributed by atoms with Gasteiger partial charge in [-0.1, -0.05) is 28.9 Å². The Labute approximate surface area is 152 Å². The number of phenolic OH excluding ortho intramolecular Hbond substituents is 1. The minimum Gasteiger partial charge on any atom is -0.508 e. The SMILES string of the molecule is N/C(=N\O)c1cc(Cl)cc(-c2ccc(O)cc2)c1-c1ccc(F)cc1F. The number of hydrogen-bond donors (Lipinski definition) is 3. The van der Waals surface area contributed by atoms with Crippen molar-refractivity contribution in [2.24, 2.45) is 10.9 Å². The van der Waals surface area contributed by atoms with E-state index >= 15 is 0 Å². The fraction of sp³-hybridized carbons (Fsp3) is 0. The first kappa shape index (κ1) is 17.7. The lowest BCUT2D eigenvalue weighted by Crippen LogP contribution is -2.15. The Hall–Kier alpha value is -3.12. The standard InChI is InChI=1S/C19H13ClF2N2O2/c20-11-7-15(10-1-4-13(25)5-2-10)18(16(8-11)19(23)24-26)14-6-3-12(21)9-17(14)22/h1-9,25-26H,(H2,23,24). The second-order valence-electron chi connectivity index (χ2n) is 5.53. The summed E-state index contributed by atoms with van der Waals surface area (Å²) in [7, 11) is 0. The van der Waals surface area contributed by atoms with E-state index in [-0.39, 0.29) is 33.3 Å². The van der Waals surface area contributed by atoms with Gasteiger partial charge in [0.25, 0.3) is 0 Å². The molecule has 0 atom stereocenters. The molecule has 3 aromatic carbocycles. The Morgan fingerprint density at radius 1 is 0.962 bits per heavy atom. The Balaban J connectivity index is 2.40. The number of nitrogens with zero attached hydrogens (tertiary/aromatic N) is 1. The molecule has 0 unspecified atom stereocenters. The molecule has 26 heavy (non-hydrogen) atoms. The summed E-state index contributed by atoms with van der Waals surface area (Å²) in [4.78, 5) is 0. The molecule has 0 spiro atoms. The quantitative estimate of drug-likeness (QED) is 0.268. The van der Waals surface area contributed by atoms with Crippen LogP contribution in [-0.2, 0) is 0 Å². The van der Waals surface area contributed by atoms with E-state index < -0.39 is 11.6 Å². The van der Waals surface area contributed by atoms with Gasteiger partial charge in [-0.25, -0.2) is 8.78 Å². The Morgan fingerprint density at radius 3 is 2.27 bits per heavy atom. The molecule has 0 saturated heterocycles. The molecule has 0 aliphatic rings. The minimum atomic E-state index is -0.806. The van der Waals surface area contributed by atoms with Crippen molar-refractivity contribution in [3.05, 3.63) is 76.8 Å². The molecule has 4 N–H and O–H groups in total. The molecule has 0 amide bonds. The summed E-state index contributed by atoms with van der Waals surface area (Å²) < 4.78 is 27.8. The maximum atomic E-state index is 14.5. The smallest absolute Gasteiger partial charge is 0.170 e. The number of oxime groups is 1. The third-order valence-corrected chi connectivity index (χ3v) is 4.08. The third kappa shape index (κ3) is 3.32. The molecule has 0 aliphatic heterocycles. The minimum absolute atomic E-state index is 0.0574. The van der Waals surface area contributed by atoms with E-state index in [1.54, 1.807) is 18.2 Å². The monoisotopic (exact) mass is 374 g/mol. The summed E-state index contributed by atoms with van der Waals surface area (Å²) in [5.74, 6) is -1.75. The van der Waals surface area contributed by atoms with Crippen LogP contribution in [0.15, 0.2) is 59.8 Å². The fourth-order valence-electron chi connectivity index (χ4n) is 2.71. The predicted octanol–water partition coefficient (Wildman–Crippen LogP) is 4.75. The highest BCUT2D eigenvalue weighted by atomic mass is 35.5. The van der Waals surface area contributed by atoms with Crippen molar-refractivity contribution >= 4 is 17.4 Å². The number of halogens is 3. The van der Waals surface area contributed by atoms with E-state index in [2.05, 4.69) is 5.16 Å². The summed E-state index contributed by atoms with van der Waals surface area (Å²) in [6.07, 6.45) is 0. The van der Waals surface area contributed by atoms with Crippen LogP contribution in [0.2, 0.25) is 5.02 Å². The molecular weight excluding hydrogens is 362 g/mol. The average molecular weight is 375 g/mol. The van der Waals surface area contributed by atoms with Gasteiger partial charge in [-0.15, -0.1) is 0 Å². The zero-order chi connectivity index (χ0) is 18.8. The van der Waals surface area contributed by atoms with Gasteiger partial charge in [-0.05, 0) is 47.5 Å². The van der Waals surface area contributed by atoms with Crippen LogP contribution < -0.4 is 5.73 Å². The predicted molar refractivity (Wildman–Crippen MR) is 96.4 cm³/mol. The lowest BCUT2D eigenvalue weighted by Gasteiger charge is -2.16. The zero-order valence-electron chi connectivity index (χ0n) is 13.2. The van der Waals surface area contributed by atoms with E-state index in [1.165, 1.54) is 24.3 Å². The van der Waals surface area contributed by atoms with Crippen LogP contribution in [-0.4, -0.2) is 16.1 Å². The zero-order valence-corrected chi connectivity index (χ0v) is 14.0. The van der Waals surface area contributed by atoms with Gasteiger partial charge in [0.15, 0.2) is 5.84 Å². The first-order valence-electron chi connectivity index (χ1n) is 7.47. The van der Waals surface area contributed by atoms with Crippen molar-refractivity contribution in [3.8, 4) is 28.0 Å². The molecule has 0 aliphatic carbocycles. The highest BCUT2D eigenvalue weighted by Crippen LogP contribution is 2.39. The number of rotatable bonds is 3. The van der Waals surface area contributed by atoms with E-state index in [1.807, 2.05) is 0 Å². The summed E-state index contributed by atoms with van der Waals surface area (Å²) in [5.41, 5.74) is 7.38. The van der Waals surface area contributed by atoms with E-state index in [0.29, 0.717) is 11.1 Å². The molecule has 132 valence electrons. The average Bonchev–Trinajstić information content (AvgIpc) is 2.61. The van der Waals surface area contributed by atoms with Gasteiger partial charge in [0.1, 0.15) is 17.4 Å². The molecule has 7 heteroatoms. The molecule has 0 radical (unpaired) electrons. The number of phenols is 1. The van der Waals surface area contributed by atoms with Gasteiger partial charge in [-0.2, -0.15) is 0 Å². The molecule has 4 nitrogen and oxygen atoms in total. The Bertz CT molecular complexity index is 1010. The van der Waals surface area contributed by atoms with Crippen LogP contribution in [0.3, 0.4) is 0 Å². The van der Waals surface area contributed by atoms with Gasteiger partial charge in [-0.3, -0.25) is 0 Å². The van der Waals surface area contributed by atoms with Gasteiger partial charge in [0, 0.05) is 27.8 Å². The van der Waals surface area contributed by atoms with Crippen LogP contribution in [0, 0.1) is 11.6 Å². The first-order chi connectivity index (χ1) is 12.4. The molecule has 0 bridgehead atoms. The molecule has 0 heterocycles. The lowest BCUT2D eigenvalue weighted by molar-refractivity contribution is 0.318. The first-order valence-corrected chi connectivity index (χ1v) is 7.84. The third-order valence-electron chi connectivity index (χ3n) is 3.87. The Kier molecular flexibility index (Phi) is 4.77. The second-order valence-corrected chi connectivity index (χ2v) is 5.97. The van der Waals surface area contributed by atoms with Crippen LogP contribution in [0.4, 0.5) is 8.78 Å². The molecule has 3 aromatic rings. The highest BCUT2D eigenvalue weighted by molar-refractivity contribution is 6.31. The Morgan fingerprint density at radius 2 is 1.65 bits per heavy atom. The van der Waals surface area contributed by atoms with Crippen LogP contribution in [0.1, 0.15) is 5.56 Å². The van der Waals surface area contributed by atoms with Crippen molar-refractivity contribution in [2.75, 3.05) is 0 Å². The summed E-state index contributed by atoms with van der Waals surface area (Å²) in [5, 5.41) is 21.9. The van der Waals surface area contributed by atoms with Gasteiger partial charge < -0.3 is 16.0 Å². The number of aromatic hydroxyl groups is 1. The van der Waals surface area contributed by atoms with Crippen molar-refractivity contribution in [3.63, 3.8) is 0 Å². The van der Waals surface area contributed by atoms with Crippen molar-refractivity contribution in [2.45, 2.75) is 0 Å². The van der Waals surface area contributed by atoms with Crippen LogP contribution in [0.25, 0.3) is 22.3 Å². The van der Waals surface area contributed by atoms with E-state index in [4.69, 9.17) is 22.5 Å². The van der Waals surface area contributed by atoms with Gasteiger partial charge in [0.2, 0.25) is 0 Å². The fourth-order valence-corrected chi connectivity index (χ4v) is 2.93. The molecule has 0 saturated carbocycles. The van der Waals surface area contributed by atoms with Crippen molar-refractivity contribution in [1.82, 2.24) is 0 Å². The van der Waals surface area contributed by atoms with Gasteiger partial charge in [0.05, 0.1) is 0 Å². The number of benzene rings is 3. The number of hydrogen-bond acceptors (Lipinski definition) is 3. The summed E-state index contributed by atoms with van der Waals surface area (Å²) in [6, 6.07) is 12.3. The number of nitrogens with two attached hydrogens (primary N) is 1. The molecule has 3 rings (SSSR count). The summed E-state index contributed by atoms with van der Waals surface area (Å²) in [6.45, 7) is 0. The van der Waals surface area contributed by atoms with Crippen LogP contribution >= 0.6 is 11.6 Å².